The van der Waals surface area contributed by atoms with Crippen LogP contribution in [-0.2, 0) is 11.2 Å². The third kappa shape index (κ3) is 4.69. The topological polar surface area (TPSA) is 40.6 Å². The van der Waals surface area contributed by atoms with Crippen molar-refractivity contribution in [2.45, 2.75) is 57.9 Å². The molecule has 1 amide bonds. The predicted molar refractivity (Wildman–Crippen MR) is 99.8 cm³/mol. The molecule has 0 aromatic heterocycles. The molecule has 3 rings (SSSR count). The molecule has 0 aliphatic carbocycles. The fourth-order valence-electron chi connectivity index (χ4n) is 4.10. The SMILES string of the molecule is CCCc1ccc(C(=O)CCC(=O)N2CCCN3CCC[C@H]3C2)cc1. The van der Waals surface area contributed by atoms with E-state index in [1.807, 2.05) is 29.2 Å². The van der Waals surface area contributed by atoms with Gasteiger partial charge in [-0.25, -0.2) is 0 Å². The molecule has 2 saturated heterocycles. The van der Waals surface area contributed by atoms with Gasteiger partial charge < -0.3 is 4.90 Å². The van der Waals surface area contributed by atoms with Gasteiger partial charge >= 0.3 is 0 Å². The molecule has 4 heteroatoms. The van der Waals surface area contributed by atoms with Crippen molar-refractivity contribution in [1.29, 1.82) is 0 Å². The van der Waals surface area contributed by atoms with Crippen LogP contribution in [0.1, 0.15) is 61.4 Å². The van der Waals surface area contributed by atoms with E-state index in [0.29, 0.717) is 18.9 Å². The van der Waals surface area contributed by atoms with E-state index >= 15 is 0 Å². The molecule has 2 aliphatic heterocycles. The van der Waals surface area contributed by atoms with Crippen LogP contribution >= 0.6 is 0 Å². The lowest BCUT2D eigenvalue weighted by Gasteiger charge is -2.25. The standard InChI is InChI=1S/C21H30N2O2/c1-2-5-17-7-9-18(10-8-17)20(24)11-12-21(25)23-15-4-14-22-13-3-6-19(22)16-23/h7-10,19H,2-6,11-16H2,1H3/t19-/m0/s1. The molecule has 4 nitrogen and oxygen atoms in total. The molecular weight excluding hydrogens is 312 g/mol. The first-order chi connectivity index (χ1) is 12.2. The number of hydrogen-bond donors (Lipinski definition) is 0. The Bertz CT molecular complexity index is 596. The summed E-state index contributed by atoms with van der Waals surface area (Å²) < 4.78 is 0. The fraction of sp³-hybridized carbons (Fsp3) is 0.619. The first-order valence-corrected chi connectivity index (χ1v) is 9.81. The van der Waals surface area contributed by atoms with Crippen LogP contribution in [0.2, 0.25) is 0 Å². The van der Waals surface area contributed by atoms with Crippen LogP contribution < -0.4 is 0 Å². The van der Waals surface area contributed by atoms with Crippen molar-refractivity contribution in [2.75, 3.05) is 26.2 Å². The Morgan fingerprint density at radius 2 is 1.80 bits per heavy atom. The largest absolute Gasteiger partial charge is 0.341 e. The lowest BCUT2D eigenvalue weighted by molar-refractivity contribution is -0.131. The summed E-state index contributed by atoms with van der Waals surface area (Å²) in [6.07, 6.45) is 6.30. The molecule has 0 saturated carbocycles. The highest BCUT2D eigenvalue weighted by Crippen LogP contribution is 2.22. The Morgan fingerprint density at radius 3 is 2.56 bits per heavy atom. The van der Waals surface area contributed by atoms with Crippen molar-refractivity contribution in [3.8, 4) is 0 Å². The van der Waals surface area contributed by atoms with Crippen LogP contribution in [0.15, 0.2) is 24.3 Å². The Kier molecular flexibility index (Phi) is 6.24. The molecule has 0 radical (unpaired) electrons. The van der Waals surface area contributed by atoms with Gasteiger partial charge in [0.1, 0.15) is 0 Å². The van der Waals surface area contributed by atoms with Crippen LogP contribution in [0.25, 0.3) is 0 Å². The van der Waals surface area contributed by atoms with Gasteiger partial charge in [0.25, 0.3) is 0 Å². The molecule has 2 heterocycles. The second kappa shape index (κ2) is 8.61. The van der Waals surface area contributed by atoms with Gasteiger partial charge in [-0.3, -0.25) is 14.5 Å². The highest BCUT2D eigenvalue weighted by Gasteiger charge is 2.30. The van der Waals surface area contributed by atoms with E-state index in [9.17, 15) is 9.59 Å². The number of nitrogens with zero attached hydrogens (tertiary/aromatic N) is 2. The minimum absolute atomic E-state index is 0.0775. The van der Waals surface area contributed by atoms with Gasteiger partial charge in [-0.1, -0.05) is 37.6 Å². The Labute approximate surface area is 151 Å². The van der Waals surface area contributed by atoms with Crippen molar-refractivity contribution in [3.63, 3.8) is 0 Å². The van der Waals surface area contributed by atoms with Gasteiger partial charge in [-0.2, -0.15) is 0 Å². The number of carbonyl (C=O) groups excluding carboxylic acids is 2. The molecule has 25 heavy (non-hydrogen) atoms. The molecule has 0 N–H and O–H groups in total. The van der Waals surface area contributed by atoms with Gasteiger partial charge in [0.05, 0.1) is 0 Å². The van der Waals surface area contributed by atoms with Crippen molar-refractivity contribution < 1.29 is 9.59 Å². The zero-order chi connectivity index (χ0) is 17.6. The molecule has 2 aliphatic rings. The molecular formula is C21H30N2O2. The summed E-state index contributed by atoms with van der Waals surface area (Å²) in [5, 5.41) is 0. The number of carbonyl (C=O) groups is 2. The first-order valence-electron chi connectivity index (χ1n) is 9.81. The Balaban J connectivity index is 1.50. The summed E-state index contributed by atoms with van der Waals surface area (Å²) in [6.45, 7) is 6.12. The molecule has 0 bridgehead atoms. The van der Waals surface area contributed by atoms with E-state index in [4.69, 9.17) is 0 Å². The van der Waals surface area contributed by atoms with Crippen molar-refractivity contribution in [1.82, 2.24) is 9.80 Å². The second-order valence-electron chi connectivity index (χ2n) is 7.40. The molecule has 136 valence electrons. The molecule has 1 aromatic carbocycles. The zero-order valence-electron chi connectivity index (χ0n) is 15.4. The maximum atomic E-state index is 12.6. The number of fused-ring (bicyclic) bond motifs is 1. The number of benzene rings is 1. The summed E-state index contributed by atoms with van der Waals surface area (Å²) in [4.78, 5) is 29.5. The Hall–Kier alpha value is -1.68. The van der Waals surface area contributed by atoms with Crippen LogP contribution in [0, 0.1) is 0 Å². The highest BCUT2D eigenvalue weighted by atomic mass is 16.2. The lowest BCUT2D eigenvalue weighted by Crippen LogP contribution is -2.39. The minimum atomic E-state index is 0.0775. The molecule has 1 atom stereocenters. The minimum Gasteiger partial charge on any atom is -0.341 e. The van der Waals surface area contributed by atoms with E-state index in [1.54, 1.807) is 0 Å². The average Bonchev–Trinajstić information content (AvgIpc) is 2.97. The van der Waals surface area contributed by atoms with Crippen LogP contribution in [-0.4, -0.2) is 53.7 Å². The zero-order valence-corrected chi connectivity index (χ0v) is 15.4. The third-order valence-corrected chi connectivity index (χ3v) is 5.54. The third-order valence-electron chi connectivity index (χ3n) is 5.54. The number of ketones is 1. The quantitative estimate of drug-likeness (QED) is 0.745. The van der Waals surface area contributed by atoms with E-state index in [2.05, 4.69) is 11.8 Å². The molecule has 0 unspecified atom stereocenters. The second-order valence-corrected chi connectivity index (χ2v) is 7.40. The normalized spacial score (nSPS) is 21.0. The monoisotopic (exact) mass is 342 g/mol. The maximum Gasteiger partial charge on any atom is 0.223 e. The molecule has 0 spiro atoms. The smallest absolute Gasteiger partial charge is 0.223 e. The van der Waals surface area contributed by atoms with E-state index in [-0.39, 0.29) is 11.7 Å². The predicted octanol–water partition coefficient (Wildman–Crippen LogP) is 3.30. The number of rotatable bonds is 6. The van der Waals surface area contributed by atoms with E-state index in [1.165, 1.54) is 24.9 Å². The van der Waals surface area contributed by atoms with Crippen molar-refractivity contribution in [2.24, 2.45) is 0 Å². The van der Waals surface area contributed by atoms with Crippen LogP contribution in [0.5, 0.6) is 0 Å². The van der Waals surface area contributed by atoms with Crippen LogP contribution in [0.3, 0.4) is 0 Å². The molecule has 1 aromatic rings. The van der Waals surface area contributed by atoms with Gasteiger partial charge in [0.15, 0.2) is 5.78 Å². The lowest BCUT2D eigenvalue weighted by atomic mass is 10.0. The van der Waals surface area contributed by atoms with Gasteiger partial charge in [0.2, 0.25) is 5.91 Å². The Morgan fingerprint density at radius 1 is 1.04 bits per heavy atom. The summed E-state index contributed by atoms with van der Waals surface area (Å²) >= 11 is 0. The van der Waals surface area contributed by atoms with E-state index < -0.39 is 0 Å². The average molecular weight is 342 g/mol. The van der Waals surface area contributed by atoms with Gasteiger partial charge in [-0.05, 0) is 37.8 Å². The summed E-state index contributed by atoms with van der Waals surface area (Å²) in [5.41, 5.74) is 1.99. The maximum absolute atomic E-state index is 12.6. The van der Waals surface area contributed by atoms with Crippen LogP contribution in [0.4, 0.5) is 0 Å². The molecule has 2 fully saturated rings. The number of amides is 1. The van der Waals surface area contributed by atoms with Crippen molar-refractivity contribution >= 4 is 11.7 Å². The number of hydrogen-bond acceptors (Lipinski definition) is 3. The van der Waals surface area contributed by atoms with Gasteiger partial charge in [-0.15, -0.1) is 0 Å². The number of aryl methyl sites for hydroxylation is 1. The van der Waals surface area contributed by atoms with Gasteiger partial charge in [0, 0.05) is 44.1 Å². The van der Waals surface area contributed by atoms with Crippen molar-refractivity contribution in [3.05, 3.63) is 35.4 Å². The summed E-state index contributed by atoms with van der Waals surface area (Å²) in [7, 11) is 0. The first kappa shape index (κ1) is 18.1. The highest BCUT2D eigenvalue weighted by molar-refractivity contribution is 5.98. The summed E-state index contributed by atoms with van der Waals surface area (Å²) in [6, 6.07) is 8.40. The number of Topliss-reactive ketones (excluding diaryl/α,β-unsaturated/α-hetero) is 1. The van der Waals surface area contributed by atoms with E-state index in [0.717, 1.165) is 44.5 Å². The summed E-state index contributed by atoms with van der Waals surface area (Å²) in [5.74, 6) is 0.221. The fourth-order valence-corrected chi connectivity index (χ4v) is 4.10.